The van der Waals surface area contributed by atoms with Gasteiger partial charge in [0.05, 0.1) is 12.8 Å². The van der Waals surface area contributed by atoms with Gasteiger partial charge in [0.1, 0.15) is 11.5 Å². The third-order valence-electron chi connectivity index (χ3n) is 4.28. The van der Waals surface area contributed by atoms with Gasteiger partial charge in [-0.05, 0) is 67.1 Å². The molecule has 6 nitrogen and oxygen atoms in total. The molecule has 0 spiro atoms. The van der Waals surface area contributed by atoms with Gasteiger partial charge in [0.25, 0.3) is 11.8 Å². The lowest BCUT2D eigenvalue weighted by molar-refractivity contribution is -0.118. The summed E-state index contributed by atoms with van der Waals surface area (Å²) in [5, 5.41) is 6.15. The summed E-state index contributed by atoms with van der Waals surface area (Å²) in [5.41, 5.74) is 2.44. The lowest BCUT2D eigenvalue weighted by atomic mass is 10.2. The summed E-state index contributed by atoms with van der Waals surface area (Å²) in [6, 6.07) is 18.9. The van der Waals surface area contributed by atoms with E-state index in [0.29, 0.717) is 33.5 Å². The van der Waals surface area contributed by atoms with E-state index < -0.39 is 0 Å². The summed E-state index contributed by atoms with van der Waals surface area (Å²) >= 11 is 5.91. The van der Waals surface area contributed by atoms with Crippen LogP contribution in [0.2, 0.25) is 5.02 Å². The van der Waals surface area contributed by atoms with Crippen LogP contribution in [0.3, 0.4) is 0 Å². The van der Waals surface area contributed by atoms with Gasteiger partial charge in [-0.25, -0.2) is 0 Å². The number of benzene rings is 3. The van der Waals surface area contributed by atoms with E-state index in [9.17, 15) is 9.59 Å². The molecule has 3 aromatic carbocycles. The second-order valence-corrected chi connectivity index (χ2v) is 6.91. The molecule has 0 fully saturated rings. The van der Waals surface area contributed by atoms with Crippen LogP contribution in [-0.4, -0.2) is 25.5 Å². The quantitative estimate of drug-likeness (QED) is 0.564. The summed E-state index contributed by atoms with van der Waals surface area (Å²) in [5.74, 6) is 0.582. The lowest BCUT2D eigenvalue weighted by Gasteiger charge is -2.11. The standard InChI is InChI=1S/C23H21ClN2O4/c1-15-13-17(24)9-12-20(15)30-14-22(27)25-18-10-7-16(8-11-18)23(28)26-19-5-3-4-6-21(19)29-2/h3-13H,14H2,1-2H3,(H,25,27)(H,26,28). The van der Waals surface area contributed by atoms with E-state index in [1.54, 1.807) is 61.7 Å². The molecular weight excluding hydrogens is 404 g/mol. The van der Waals surface area contributed by atoms with Gasteiger partial charge in [-0.2, -0.15) is 0 Å². The molecule has 0 bridgehead atoms. The first kappa shape index (κ1) is 21.2. The second-order valence-electron chi connectivity index (χ2n) is 6.48. The van der Waals surface area contributed by atoms with Crippen LogP contribution in [0.25, 0.3) is 0 Å². The first-order chi connectivity index (χ1) is 14.5. The number of para-hydroxylation sites is 2. The van der Waals surface area contributed by atoms with Gasteiger partial charge < -0.3 is 20.1 Å². The van der Waals surface area contributed by atoms with Crippen LogP contribution >= 0.6 is 11.6 Å². The number of ether oxygens (including phenoxy) is 2. The Kier molecular flexibility index (Phi) is 6.93. The van der Waals surface area contributed by atoms with Crippen molar-refractivity contribution in [3.8, 4) is 11.5 Å². The van der Waals surface area contributed by atoms with Gasteiger partial charge >= 0.3 is 0 Å². The zero-order chi connectivity index (χ0) is 21.5. The number of aryl methyl sites for hydroxylation is 1. The van der Waals surface area contributed by atoms with Crippen molar-refractivity contribution in [1.29, 1.82) is 0 Å². The van der Waals surface area contributed by atoms with E-state index in [2.05, 4.69) is 10.6 Å². The Morgan fingerprint density at radius 1 is 0.933 bits per heavy atom. The fourth-order valence-corrected chi connectivity index (χ4v) is 2.99. The van der Waals surface area contributed by atoms with Crippen LogP contribution in [0.1, 0.15) is 15.9 Å². The fourth-order valence-electron chi connectivity index (χ4n) is 2.76. The van der Waals surface area contributed by atoms with Crippen LogP contribution in [0.4, 0.5) is 11.4 Å². The monoisotopic (exact) mass is 424 g/mol. The number of hydrogen-bond acceptors (Lipinski definition) is 4. The van der Waals surface area contributed by atoms with Gasteiger partial charge in [-0.1, -0.05) is 23.7 Å². The minimum atomic E-state index is -0.310. The summed E-state index contributed by atoms with van der Waals surface area (Å²) < 4.78 is 10.8. The molecule has 0 atom stereocenters. The molecule has 2 amide bonds. The van der Waals surface area contributed by atoms with Crippen LogP contribution in [0.15, 0.2) is 66.7 Å². The Morgan fingerprint density at radius 3 is 2.37 bits per heavy atom. The number of carbonyl (C=O) groups excluding carboxylic acids is 2. The number of nitrogens with one attached hydrogen (secondary N) is 2. The number of amides is 2. The molecule has 0 heterocycles. The smallest absolute Gasteiger partial charge is 0.262 e. The predicted octanol–water partition coefficient (Wildman–Crippen LogP) is 4.93. The van der Waals surface area contributed by atoms with Gasteiger partial charge in [-0.15, -0.1) is 0 Å². The van der Waals surface area contributed by atoms with Gasteiger partial charge in [0.2, 0.25) is 0 Å². The van der Waals surface area contributed by atoms with E-state index in [1.807, 2.05) is 19.1 Å². The maximum Gasteiger partial charge on any atom is 0.262 e. The fraction of sp³-hybridized carbons (Fsp3) is 0.130. The zero-order valence-electron chi connectivity index (χ0n) is 16.6. The summed E-state index contributed by atoms with van der Waals surface area (Å²) in [6.45, 7) is 1.71. The van der Waals surface area contributed by atoms with Crippen LogP contribution in [0, 0.1) is 6.92 Å². The molecule has 0 aliphatic heterocycles. The maximum atomic E-state index is 12.4. The Hall–Kier alpha value is -3.51. The molecule has 0 saturated heterocycles. The highest BCUT2D eigenvalue weighted by atomic mass is 35.5. The molecule has 0 radical (unpaired) electrons. The van der Waals surface area contributed by atoms with Crippen molar-refractivity contribution >= 4 is 34.8 Å². The van der Waals surface area contributed by atoms with E-state index in [0.717, 1.165) is 5.56 Å². The van der Waals surface area contributed by atoms with E-state index >= 15 is 0 Å². The second kappa shape index (κ2) is 9.80. The number of halogens is 1. The molecule has 0 aliphatic rings. The average Bonchev–Trinajstić information content (AvgIpc) is 2.74. The largest absolute Gasteiger partial charge is 0.495 e. The molecule has 3 aromatic rings. The predicted molar refractivity (Wildman–Crippen MR) is 118 cm³/mol. The number of carbonyl (C=O) groups is 2. The molecule has 0 aromatic heterocycles. The first-order valence-corrected chi connectivity index (χ1v) is 9.57. The van der Waals surface area contributed by atoms with Gasteiger partial charge in [0, 0.05) is 16.3 Å². The van der Waals surface area contributed by atoms with Crippen molar-refractivity contribution in [2.24, 2.45) is 0 Å². The topological polar surface area (TPSA) is 76.7 Å². The molecule has 0 aliphatic carbocycles. The first-order valence-electron chi connectivity index (χ1n) is 9.19. The number of anilines is 2. The summed E-state index contributed by atoms with van der Waals surface area (Å²) in [7, 11) is 1.54. The van der Waals surface area contributed by atoms with Crippen molar-refractivity contribution in [3.63, 3.8) is 0 Å². The normalized spacial score (nSPS) is 10.2. The van der Waals surface area contributed by atoms with Crippen LogP contribution in [-0.2, 0) is 4.79 Å². The lowest BCUT2D eigenvalue weighted by Crippen LogP contribution is -2.20. The molecule has 7 heteroatoms. The Bertz CT molecular complexity index is 1050. The maximum absolute atomic E-state index is 12.4. The Balaban J connectivity index is 1.56. The van der Waals surface area contributed by atoms with E-state index in [-0.39, 0.29) is 18.4 Å². The van der Waals surface area contributed by atoms with Crippen molar-refractivity contribution < 1.29 is 19.1 Å². The highest BCUT2D eigenvalue weighted by molar-refractivity contribution is 6.30. The average molecular weight is 425 g/mol. The van der Waals surface area contributed by atoms with Gasteiger partial charge in [0.15, 0.2) is 6.61 Å². The number of methoxy groups -OCH3 is 1. The third-order valence-corrected chi connectivity index (χ3v) is 4.52. The number of hydrogen-bond donors (Lipinski definition) is 2. The SMILES string of the molecule is COc1ccccc1NC(=O)c1ccc(NC(=O)COc2ccc(Cl)cc2C)cc1. The van der Waals surface area contributed by atoms with E-state index in [1.165, 1.54) is 0 Å². The highest BCUT2D eigenvalue weighted by Gasteiger charge is 2.10. The van der Waals surface area contributed by atoms with Crippen LogP contribution < -0.4 is 20.1 Å². The van der Waals surface area contributed by atoms with Crippen LogP contribution in [0.5, 0.6) is 11.5 Å². The molecule has 30 heavy (non-hydrogen) atoms. The molecule has 0 saturated carbocycles. The Morgan fingerprint density at radius 2 is 1.67 bits per heavy atom. The minimum Gasteiger partial charge on any atom is -0.495 e. The van der Waals surface area contributed by atoms with Crippen molar-refractivity contribution in [3.05, 3.63) is 82.9 Å². The summed E-state index contributed by atoms with van der Waals surface area (Å²) in [4.78, 5) is 24.6. The molecule has 2 N–H and O–H groups in total. The highest BCUT2D eigenvalue weighted by Crippen LogP contribution is 2.24. The molecular formula is C23H21ClN2O4. The van der Waals surface area contributed by atoms with Crippen molar-refractivity contribution in [1.82, 2.24) is 0 Å². The third kappa shape index (κ3) is 5.52. The molecule has 154 valence electrons. The molecule has 0 unspecified atom stereocenters. The van der Waals surface area contributed by atoms with Crippen molar-refractivity contribution in [2.45, 2.75) is 6.92 Å². The van der Waals surface area contributed by atoms with Gasteiger partial charge in [-0.3, -0.25) is 9.59 Å². The summed E-state index contributed by atoms with van der Waals surface area (Å²) in [6.07, 6.45) is 0. The van der Waals surface area contributed by atoms with Crippen molar-refractivity contribution in [2.75, 3.05) is 24.4 Å². The van der Waals surface area contributed by atoms with E-state index in [4.69, 9.17) is 21.1 Å². The zero-order valence-corrected chi connectivity index (χ0v) is 17.3. The number of rotatable bonds is 7. The Labute approximate surface area is 179 Å². The minimum absolute atomic E-state index is 0.140. The molecule has 3 rings (SSSR count).